The molecule has 2 heterocycles. The topological polar surface area (TPSA) is 36.6 Å². The number of nitrogens with zero attached hydrogens (tertiary/aromatic N) is 1. The fourth-order valence-corrected chi connectivity index (χ4v) is 1.45. The summed E-state index contributed by atoms with van der Waals surface area (Å²) in [7, 11) is 0. The Labute approximate surface area is 71.6 Å². The van der Waals surface area contributed by atoms with Gasteiger partial charge >= 0.3 is 0 Å². The molecule has 0 amide bonds. The molecule has 3 heteroatoms. The molecule has 12 heavy (non-hydrogen) atoms. The number of likely N-dealkylation sites (tertiary alicyclic amines) is 1. The Bertz CT molecular complexity index is 227. The number of β-amino-alcohol motifs (C(OH)–C–C–N with tert-alkyl or cyclic N) is 1. The highest BCUT2D eigenvalue weighted by Crippen LogP contribution is 2.09. The van der Waals surface area contributed by atoms with Crippen LogP contribution in [0.5, 0.6) is 0 Å². The summed E-state index contributed by atoms with van der Waals surface area (Å²) in [6.07, 6.45) is 2.54. The first-order chi connectivity index (χ1) is 5.84. The molecule has 3 nitrogen and oxygen atoms in total. The third-order valence-electron chi connectivity index (χ3n) is 2.19. The minimum absolute atomic E-state index is 0.0957. The van der Waals surface area contributed by atoms with Gasteiger partial charge < -0.3 is 9.52 Å². The van der Waals surface area contributed by atoms with Crippen LogP contribution in [0.2, 0.25) is 0 Å². The average Bonchev–Trinajstić information content (AvgIpc) is 2.47. The molecule has 0 radical (unpaired) electrons. The number of hydrogen-bond donors (Lipinski definition) is 1. The molecule has 1 saturated heterocycles. The third kappa shape index (κ3) is 1.68. The molecule has 1 aliphatic heterocycles. The van der Waals surface area contributed by atoms with Crippen LogP contribution in [0, 0.1) is 0 Å². The van der Waals surface area contributed by atoms with Crippen molar-refractivity contribution in [3.63, 3.8) is 0 Å². The van der Waals surface area contributed by atoms with Crippen LogP contribution in [0.25, 0.3) is 0 Å². The highest BCUT2D eigenvalue weighted by atomic mass is 16.3. The predicted molar refractivity (Wildman–Crippen MR) is 44.9 cm³/mol. The molecule has 0 atom stereocenters. The molecule has 0 bridgehead atoms. The summed E-state index contributed by atoms with van der Waals surface area (Å²) in [5.74, 6) is 1.02. The third-order valence-corrected chi connectivity index (χ3v) is 2.19. The molecular weight excluding hydrogens is 154 g/mol. The van der Waals surface area contributed by atoms with Gasteiger partial charge in [0.2, 0.25) is 0 Å². The molecule has 2 rings (SSSR count). The average molecular weight is 167 g/mol. The van der Waals surface area contributed by atoms with Crippen LogP contribution in [-0.2, 0) is 6.42 Å². The van der Waals surface area contributed by atoms with Gasteiger partial charge in [-0.15, -0.1) is 0 Å². The van der Waals surface area contributed by atoms with Gasteiger partial charge in [-0.3, -0.25) is 4.90 Å². The summed E-state index contributed by atoms with van der Waals surface area (Å²) in [6, 6.07) is 3.89. The van der Waals surface area contributed by atoms with Gasteiger partial charge in [-0.2, -0.15) is 0 Å². The molecule has 0 aliphatic carbocycles. The van der Waals surface area contributed by atoms with Crippen LogP contribution in [0.15, 0.2) is 22.8 Å². The summed E-state index contributed by atoms with van der Waals surface area (Å²) in [6.45, 7) is 2.63. The van der Waals surface area contributed by atoms with E-state index in [9.17, 15) is 0 Å². The van der Waals surface area contributed by atoms with E-state index in [1.807, 2.05) is 12.1 Å². The molecular formula is C9H13NO2. The summed E-state index contributed by atoms with van der Waals surface area (Å²) >= 11 is 0. The Hall–Kier alpha value is -0.800. The van der Waals surface area contributed by atoms with Crippen molar-refractivity contribution in [2.45, 2.75) is 12.5 Å². The second-order valence-corrected chi connectivity index (χ2v) is 3.24. The van der Waals surface area contributed by atoms with E-state index in [4.69, 9.17) is 9.52 Å². The second kappa shape index (κ2) is 3.29. The normalized spacial score (nSPS) is 19.4. The number of furan rings is 1. The highest BCUT2D eigenvalue weighted by Gasteiger charge is 2.23. The van der Waals surface area contributed by atoms with Crippen molar-refractivity contribution < 1.29 is 9.52 Å². The summed E-state index contributed by atoms with van der Waals surface area (Å²) in [5.41, 5.74) is 0. The molecule has 1 aliphatic rings. The van der Waals surface area contributed by atoms with Gasteiger partial charge in [0.25, 0.3) is 0 Å². The van der Waals surface area contributed by atoms with E-state index in [1.54, 1.807) is 6.26 Å². The number of aliphatic hydroxyl groups excluding tert-OH is 1. The van der Waals surface area contributed by atoms with Crippen molar-refractivity contribution in [2.24, 2.45) is 0 Å². The van der Waals surface area contributed by atoms with E-state index in [2.05, 4.69) is 4.90 Å². The van der Waals surface area contributed by atoms with E-state index in [1.165, 1.54) is 0 Å². The Morgan fingerprint density at radius 2 is 2.42 bits per heavy atom. The van der Waals surface area contributed by atoms with E-state index in [0.717, 1.165) is 31.8 Å². The summed E-state index contributed by atoms with van der Waals surface area (Å²) < 4.78 is 5.19. The zero-order valence-electron chi connectivity index (χ0n) is 6.94. The smallest absolute Gasteiger partial charge is 0.105 e. The minimum atomic E-state index is -0.0957. The van der Waals surface area contributed by atoms with Crippen LogP contribution in [0.3, 0.4) is 0 Å². The first-order valence-electron chi connectivity index (χ1n) is 4.27. The van der Waals surface area contributed by atoms with Gasteiger partial charge in [-0.25, -0.2) is 0 Å². The zero-order chi connectivity index (χ0) is 8.39. The van der Waals surface area contributed by atoms with Crippen molar-refractivity contribution in [1.29, 1.82) is 0 Å². The van der Waals surface area contributed by atoms with Crippen LogP contribution in [0.1, 0.15) is 5.76 Å². The quantitative estimate of drug-likeness (QED) is 0.712. The first-order valence-corrected chi connectivity index (χ1v) is 4.27. The molecule has 66 valence electrons. The fraction of sp³-hybridized carbons (Fsp3) is 0.556. The SMILES string of the molecule is OC1CN(CCc2ccco2)C1. The number of rotatable bonds is 3. The van der Waals surface area contributed by atoms with E-state index in [-0.39, 0.29) is 6.10 Å². The Balaban J connectivity index is 1.70. The van der Waals surface area contributed by atoms with Crippen LogP contribution in [0.4, 0.5) is 0 Å². The second-order valence-electron chi connectivity index (χ2n) is 3.24. The first kappa shape index (κ1) is 7.83. The lowest BCUT2D eigenvalue weighted by molar-refractivity contribution is 0.00243. The standard InChI is InChI=1S/C9H13NO2/c11-8-6-10(7-8)4-3-9-2-1-5-12-9/h1-2,5,8,11H,3-4,6-7H2. The number of hydrogen-bond acceptors (Lipinski definition) is 3. The predicted octanol–water partition coefficient (Wildman–Crippen LogP) is 0.499. The van der Waals surface area contributed by atoms with Crippen LogP contribution >= 0.6 is 0 Å². The van der Waals surface area contributed by atoms with Gasteiger partial charge in [0.15, 0.2) is 0 Å². The van der Waals surface area contributed by atoms with Crippen LogP contribution in [-0.4, -0.2) is 35.7 Å². The van der Waals surface area contributed by atoms with Gasteiger partial charge in [-0.1, -0.05) is 0 Å². The maximum atomic E-state index is 9.01. The van der Waals surface area contributed by atoms with E-state index in [0.29, 0.717) is 0 Å². The maximum absolute atomic E-state index is 9.01. The molecule has 1 fully saturated rings. The summed E-state index contributed by atoms with van der Waals surface area (Å²) in [5, 5.41) is 9.01. The van der Waals surface area contributed by atoms with Gasteiger partial charge in [-0.05, 0) is 12.1 Å². The number of aliphatic hydroxyl groups is 1. The Morgan fingerprint density at radius 1 is 1.58 bits per heavy atom. The highest BCUT2D eigenvalue weighted by molar-refractivity contribution is 4.99. The lowest BCUT2D eigenvalue weighted by Crippen LogP contribution is -2.51. The molecule has 1 N–H and O–H groups in total. The fourth-order valence-electron chi connectivity index (χ4n) is 1.45. The Kier molecular flexibility index (Phi) is 2.15. The van der Waals surface area contributed by atoms with E-state index < -0.39 is 0 Å². The Morgan fingerprint density at radius 3 is 3.00 bits per heavy atom. The van der Waals surface area contributed by atoms with Crippen LogP contribution < -0.4 is 0 Å². The lowest BCUT2D eigenvalue weighted by Gasteiger charge is -2.35. The van der Waals surface area contributed by atoms with Crippen molar-refractivity contribution in [3.05, 3.63) is 24.2 Å². The summed E-state index contributed by atoms with van der Waals surface area (Å²) in [4.78, 5) is 2.22. The van der Waals surface area contributed by atoms with Gasteiger partial charge in [0.05, 0.1) is 12.4 Å². The molecule has 0 aromatic carbocycles. The molecule has 0 unspecified atom stereocenters. The van der Waals surface area contributed by atoms with Gasteiger partial charge in [0.1, 0.15) is 5.76 Å². The largest absolute Gasteiger partial charge is 0.469 e. The molecule has 0 saturated carbocycles. The van der Waals surface area contributed by atoms with E-state index >= 15 is 0 Å². The minimum Gasteiger partial charge on any atom is -0.469 e. The molecule has 1 aromatic heterocycles. The van der Waals surface area contributed by atoms with Gasteiger partial charge in [0, 0.05) is 26.1 Å². The van der Waals surface area contributed by atoms with Crippen molar-refractivity contribution in [3.8, 4) is 0 Å². The van der Waals surface area contributed by atoms with Crippen molar-refractivity contribution >= 4 is 0 Å². The molecule has 1 aromatic rings. The monoisotopic (exact) mass is 167 g/mol. The van der Waals surface area contributed by atoms with Crippen molar-refractivity contribution in [1.82, 2.24) is 4.90 Å². The maximum Gasteiger partial charge on any atom is 0.105 e. The molecule has 0 spiro atoms. The van der Waals surface area contributed by atoms with Crippen molar-refractivity contribution in [2.75, 3.05) is 19.6 Å². The lowest BCUT2D eigenvalue weighted by atomic mass is 10.1. The zero-order valence-corrected chi connectivity index (χ0v) is 6.94.